The highest BCUT2D eigenvalue weighted by Crippen LogP contribution is 2.16. The molecule has 1 atom stereocenters. The average Bonchev–Trinajstić information content (AvgIpc) is 2.84. The maximum Gasteiger partial charge on any atom is 0.407 e. The lowest BCUT2D eigenvalue weighted by Crippen LogP contribution is -2.34. The number of hydrogen-bond donors (Lipinski definition) is 2. The summed E-state index contributed by atoms with van der Waals surface area (Å²) in [6.45, 7) is 10.1. The fraction of sp³-hybridized carbons (Fsp3) is 0.714. The van der Waals surface area contributed by atoms with Crippen molar-refractivity contribution in [2.24, 2.45) is 0 Å². The zero-order valence-corrected chi connectivity index (χ0v) is 13.5. The maximum atomic E-state index is 11.4. The highest BCUT2D eigenvalue weighted by atomic mass is 32.1. The molecule has 1 aromatic rings. The molecule has 1 unspecified atom stereocenters. The summed E-state index contributed by atoms with van der Waals surface area (Å²) in [5.74, 6) is 0.425. The molecule has 0 saturated carbocycles. The van der Waals surface area contributed by atoms with Crippen molar-refractivity contribution in [3.8, 4) is 0 Å². The van der Waals surface area contributed by atoms with E-state index in [0.717, 1.165) is 24.5 Å². The number of amides is 1. The number of aromatic nitrogens is 1. The molecule has 114 valence electrons. The molecule has 0 bridgehead atoms. The summed E-state index contributed by atoms with van der Waals surface area (Å²) in [5.41, 5.74) is -0.439. The third kappa shape index (κ3) is 7.45. The molecule has 6 heteroatoms. The molecule has 1 amide bonds. The molecular weight excluding hydrogens is 274 g/mol. The van der Waals surface area contributed by atoms with E-state index in [9.17, 15) is 4.79 Å². The Bertz CT molecular complexity index is 388. The largest absolute Gasteiger partial charge is 0.444 e. The van der Waals surface area contributed by atoms with Gasteiger partial charge < -0.3 is 15.4 Å². The van der Waals surface area contributed by atoms with Crippen LogP contribution in [0.1, 0.15) is 45.0 Å². The number of thiazole rings is 1. The zero-order chi connectivity index (χ0) is 15.0. The van der Waals surface area contributed by atoms with Crippen LogP contribution in [0.25, 0.3) is 0 Å². The van der Waals surface area contributed by atoms with E-state index in [2.05, 4.69) is 22.5 Å². The van der Waals surface area contributed by atoms with Crippen molar-refractivity contribution in [1.82, 2.24) is 15.6 Å². The van der Waals surface area contributed by atoms with Crippen LogP contribution in [0.3, 0.4) is 0 Å². The number of carbonyl (C=O) groups is 1. The van der Waals surface area contributed by atoms with E-state index in [1.54, 1.807) is 11.3 Å². The van der Waals surface area contributed by atoms with Crippen molar-refractivity contribution >= 4 is 17.4 Å². The molecular formula is C14H25N3O2S. The molecule has 20 heavy (non-hydrogen) atoms. The Morgan fingerprint density at radius 1 is 1.45 bits per heavy atom. The van der Waals surface area contributed by atoms with E-state index >= 15 is 0 Å². The van der Waals surface area contributed by atoms with Crippen molar-refractivity contribution in [2.45, 2.75) is 45.6 Å². The standard InChI is InChI=1S/C14H25N3O2S/c1-11(12-16-8-9-20-12)10-15-6-5-7-17-13(18)19-14(2,3)4/h8-9,11,15H,5-7,10H2,1-4H3,(H,17,18). The first-order valence-corrected chi connectivity index (χ1v) is 7.83. The van der Waals surface area contributed by atoms with Gasteiger partial charge in [-0.3, -0.25) is 0 Å². The zero-order valence-electron chi connectivity index (χ0n) is 12.7. The Balaban J connectivity index is 2.01. The molecule has 1 rings (SSSR count). The number of nitrogens with zero attached hydrogens (tertiary/aromatic N) is 1. The summed E-state index contributed by atoms with van der Waals surface area (Å²) in [4.78, 5) is 15.7. The molecule has 0 fully saturated rings. The van der Waals surface area contributed by atoms with Gasteiger partial charge >= 0.3 is 6.09 Å². The number of nitrogens with one attached hydrogen (secondary N) is 2. The van der Waals surface area contributed by atoms with Crippen LogP contribution < -0.4 is 10.6 Å². The van der Waals surface area contributed by atoms with Gasteiger partial charge in [-0.15, -0.1) is 11.3 Å². The summed E-state index contributed by atoms with van der Waals surface area (Å²) >= 11 is 1.68. The average molecular weight is 299 g/mol. The smallest absolute Gasteiger partial charge is 0.407 e. The summed E-state index contributed by atoms with van der Waals surface area (Å²) in [7, 11) is 0. The lowest BCUT2D eigenvalue weighted by Gasteiger charge is -2.19. The molecule has 0 radical (unpaired) electrons. The van der Waals surface area contributed by atoms with E-state index in [-0.39, 0.29) is 6.09 Å². The van der Waals surface area contributed by atoms with Crippen LogP contribution in [0.15, 0.2) is 11.6 Å². The number of ether oxygens (including phenoxy) is 1. The van der Waals surface area contributed by atoms with Crippen LogP contribution in [0.4, 0.5) is 4.79 Å². The van der Waals surface area contributed by atoms with Crippen LogP contribution in [-0.2, 0) is 4.74 Å². The van der Waals surface area contributed by atoms with Crippen molar-refractivity contribution in [2.75, 3.05) is 19.6 Å². The molecule has 0 aliphatic heterocycles. The third-order valence-corrected chi connectivity index (χ3v) is 3.53. The highest BCUT2D eigenvalue weighted by molar-refractivity contribution is 7.09. The van der Waals surface area contributed by atoms with Crippen molar-refractivity contribution < 1.29 is 9.53 Å². The van der Waals surface area contributed by atoms with Crippen LogP contribution >= 0.6 is 11.3 Å². The lowest BCUT2D eigenvalue weighted by molar-refractivity contribution is 0.0527. The predicted octanol–water partition coefficient (Wildman–Crippen LogP) is 2.75. The molecule has 0 aromatic carbocycles. The maximum absolute atomic E-state index is 11.4. The van der Waals surface area contributed by atoms with Gasteiger partial charge in [0.25, 0.3) is 0 Å². The molecule has 0 aliphatic rings. The predicted molar refractivity (Wildman–Crippen MR) is 82.3 cm³/mol. The van der Waals surface area contributed by atoms with E-state index in [0.29, 0.717) is 12.5 Å². The first-order chi connectivity index (χ1) is 9.38. The molecule has 2 N–H and O–H groups in total. The topological polar surface area (TPSA) is 63.2 Å². The first kappa shape index (κ1) is 16.9. The van der Waals surface area contributed by atoms with Gasteiger partial charge in [0, 0.05) is 30.6 Å². The van der Waals surface area contributed by atoms with Crippen molar-refractivity contribution in [3.05, 3.63) is 16.6 Å². The van der Waals surface area contributed by atoms with Gasteiger partial charge in [0.1, 0.15) is 5.60 Å². The molecule has 0 saturated heterocycles. The summed E-state index contributed by atoms with van der Waals surface area (Å²) < 4.78 is 5.15. The van der Waals surface area contributed by atoms with E-state index in [4.69, 9.17) is 4.74 Å². The normalized spacial score (nSPS) is 13.0. The van der Waals surface area contributed by atoms with E-state index in [1.807, 2.05) is 32.3 Å². The Kier molecular flexibility index (Phi) is 6.95. The minimum atomic E-state index is -0.439. The molecule has 5 nitrogen and oxygen atoms in total. The molecule has 1 heterocycles. The van der Waals surface area contributed by atoms with Gasteiger partial charge in [-0.05, 0) is 33.7 Å². The van der Waals surface area contributed by atoms with Crippen molar-refractivity contribution in [3.63, 3.8) is 0 Å². The fourth-order valence-corrected chi connectivity index (χ4v) is 2.30. The van der Waals surface area contributed by atoms with Crippen LogP contribution in [-0.4, -0.2) is 36.3 Å². The fourth-order valence-electron chi connectivity index (χ4n) is 1.60. The quantitative estimate of drug-likeness (QED) is 0.760. The van der Waals surface area contributed by atoms with Crippen molar-refractivity contribution in [1.29, 1.82) is 0 Å². The molecule has 0 spiro atoms. The van der Waals surface area contributed by atoms with Gasteiger partial charge in [-0.1, -0.05) is 6.92 Å². The molecule has 1 aromatic heterocycles. The number of carbonyl (C=O) groups excluding carboxylic acids is 1. The SMILES string of the molecule is CC(CNCCCNC(=O)OC(C)(C)C)c1nccs1. The van der Waals surface area contributed by atoms with Crippen LogP contribution in [0.2, 0.25) is 0 Å². The second kappa shape index (κ2) is 8.21. The van der Waals surface area contributed by atoms with Crippen LogP contribution in [0.5, 0.6) is 0 Å². The van der Waals surface area contributed by atoms with Gasteiger partial charge in [0.15, 0.2) is 0 Å². The first-order valence-electron chi connectivity index (χ1n) is 6.95. The van der Waals surface area contributed by atoms with Gasteiger partial charge in [-0.25, -0.2) is 9.78 Å². The summed E-state index contributed by atoms with van der Waals surface area (Å²) in [5, 5.41) is 9.27. The Morgan fingerprint density at radius 3 is 2.80 bits per heavy atom. The van der Waals surface area contributed by atoms with E-state index in [1.165, 1.54) is 0 Å². The molecule has 0 aliphatic carbocycles. The van der Waals surface area contributed by atoms with E-state index < -0.39 is 5.60 Å². The Morgan fingerprint density at radius 2 is 2.20 bits per heavy atom. The number of rotatable bonds is 7. The minimum absolute atomic E-state index is 0.353. The highest BCUT2D eigenvalue weighted by Gasteiger charge is 2.15. The van der Waals surface area contributed by atoms with Gasteiger partial charge in [0.05, 0.1) is 5.01 Å². The van der Waals surface area contributed by atoms with Gasteiger partial charge in [0.2, 0.25) is 0 Å². The summed E-state index contributed by atoms with van der Waals surface area (Å²) in [6.07, 6.45) is 2.36. The monoisotopic (exact) mass is 299 g/mol. The second-order valence-electron chi connectivity index (χ2n) is 5.76. The summed E-state index contributed by atoms with van der Waals surface area (Å²) in [6, 6.07) is 0. The number of alkyl carbamates (subject to hydrolysis) is 1. The minimum Gasteiger partial charge on any atom is -0.444 e. The number of hydrogen-bond acceptors (Lipinski definition) is 5. The van der Waals surface area contributed by atoms with Gasteiger partial charge in [-0.2, -0.15) is 0 Å². The third-order valence-electron chi connectivity index (χ3n) is 2.52. The Labute approximate surface area is 125 Å². The second-order valence-corrected chi connectivity index (χ2v) is 6.68. The van der Waals surface area contributed by atoms with Crippen LogP contribution in [0, 0.1) is 0 Å². The lowest BCUT2D eigenvalue weighted by atomic mass is 10.2. The Hall–Kier alpha value is -1.14.